The summed E-state index contributed by atoms with van der Waals surface area (Å²) in [6, 6.07) is 0. The average Bonchev–Trinajstić information content (AvgIpc) is 3.60. The van der Waals surface area contributed by atoms with Gasteiger partial charge in [-0.3, -0.25) is 23.7 Å². The van der Waals surface area contributed by atoms with Crippen molar-refractivity contribution in [2.75, 3.05) is 6.26 Å². The molecule has 0 spiro atoms. The maximum Gasteiger partial charge on any atom is 0.303 e. The summed E-state index contributed by atoms with van der Waals surface area (Å²) in [7, 11) is -11.6. The number of carbonyl (C=O) groups is 4. The Morgan fingerprint density at radius 3 is 1.39 bits per heavy atom. The molecule has 4 unspecified atom stereocenters. The molecule has 17 atom stereocenters. The van der Waals surface area contributed by atoms with Crippen LogP contribution in [-0.4, -0.2) is 122 Å². The molecule has 346 valence electrons. The first-order valence-corrected chi connectivity index (χ1v) is 25.3. The number of allylic oxidation sites excluding steroid dienone is 2. The normalized spacial score (nSPS) is 47.2. The zero-order valence-corrected chi connectivity index (χ0v) is 37.6. The van der Waals surface area contributed by atoms with Crippen LogP contribution in [0.25, 0.3) is 0 Å². The first-order valence-electron chi connectivity index (χ1n) is 22.1. The van der Waals surface area contributed by atoms with Crippen molar-refractivity contribution in [3.05, 3.63) is 23.3 Å². The van der Waals surface area contributed by atoms with Crippen LogP contribution in [0.3, 0.4) is 0 Å². The minimum Gasteiger partial charge on any atom is -0.393 e. The number of ketones is 4. The predicted molar refractivity (Wildman–Crippen MR) is 218 cm³/mol. The number of hydrogen-bond acceptors (Lipinski definition) is 15. The first kappa shape index (κ1) is 46.3. The molecule has 0 aliphatic heterocycles. The monoisotopic (exact) mass is 910 g/mol. The van der Waals surface area contributed by atoms with Gasteiger partial charge in [0.05, 0.1) is 18.5 Å². The smallest absolute Gasteiger partial charge is 0.303 e. The summed E-state index contributed by atoms with van der Waals surface area (Å²) in [5.74, 6) is -5.99. The Bertz CT molecular complexity index is 2150. The quantitative estimate of drug-likeness (QED) is 0.128. The Morgan fingerprint density at radius 1 is 0.677 bits per heavy atom. The molecule has 0 amide bonds. The maximum atomic E-state index is 14.9. The molecule has 8 rings (SSSR count). The fraction of sp³-hybridized carbons (Fsp3) is 0.818. The molecule has 8 aliphatic carbocycles. The van der Waals surface area contributed by atoms with E-state index in [0.29, 0.717) is 44.8 Å². The molecule has 62 heavy (non-hydrogen) atoms. The van der Waals surface area contributed by atoms with E-state index in [2.05, 4.69) is 0 Å². The van der Waals surface area contributed by atoms with Gasteiger partial charge in [-0.25, -0.2) is 4.18 Å². The van der Waals surface area contributed by atoms with Gasteiger partial charge in [-0.15, -0.1) is 0 Å². The number of aliphatic hydroxyl groups excluding tert-OH is 4. The van der Waals surface area contributed by atoms with Gasteiger partial charge in [0.25, 0.3) is 15.1 Å². The van der Waals surface area contributed by atoms with Crippen LogP contribution in [0.5, 0.6) is 0 Å². The van der Waals surface area contributed by atoms with Gasteiger partial charge in [-0.2, -0.15) is 16.8 Å². The molecule has 8 aliphatic rings. The highest BCUT2D eigenvalue weighted by Gasteiger charge is 2.76. The minimum absolute atomic E-state index is 0.00663. The Labute approximate surface area is 362 Å². The molecule has 0 aromatic carbocycles. The van der Waals surface area contributed by atoms with Crippen molar-refractivity contribution in [2.24, 2.45) is 57.2 Å². The molecule has 6 fully saturated rings. The van der Waals surface area contributed by atoms with E-state index in [1.54, 1.807) is 12.2 Å². The number of fused-ring (bicyclic) bond motifs is 10. The maximum absolute atomic E-state index is 14.9. The van der Waals surface area contributed by atoms with E-state index in [4.69, 9.17) is 4.18 Å². The van der Waals surface area contributed by atoms with Crippen LogP contribution in [0.2, 0.25) is 0 Å². The number of Topliss-reactive ketones (excluding diaryl/α,β-unsaturated/α-hetero) is 2. The Morgan fingerprint density at radius 2 is 1.05 bits per heavy atom. The summed E-state index contributed by atoms with van der Waals surface area (Å²) < 4.78 is 69.2. The fourth-order valence-electron chi connectivity index (χ4n) is 15.8. The third-order valence-corrected chi connectivity index (χ3v) is 20.9. The Kier molecular flexibility index (Phi) is 10.7. The topological polar surface area (TPSA) is 287 Å². The first-order chi connectivity index (χ1) is 28.5. The second-order valence-electron chi connectivity index (χ2n) is 21.5. The van der Waals surface area contributed by atoms with Crippen molar-refractivity contribution in [2.45, 2.75) is 158 Å². The summed E-state index contributed by atoms with van der Waals surface area (Å²) in [6.07, 6.45) is -3.20. The Balaban J connectivity index is 1.14. The highest BCUT2D eigenvalue weighted by molar-refractivity contribution is 7.89. The average molecular weight is 911 g/mol. The zero-order chi connectivity index (χ0) is 45.8. The third-order valence-electron chi connectivity index (χ3n) is 18.9. The summed E-state index contributed by atoms with van der Waals surface area (Å²) in [4.78, 5) is 50.0. The molecular weight excluding hydrogens is 849 g/mol. The van der Waals surface area contributed by atoms with Crippen molar-refractivity contribution in [3.63, 3.8) is 0 Å². The fourth-order valence-corrected chi connectivity index (χ4v) is 18.0. The minimum atomic E-state index is -6.40. The molecule has 16 nitrogen and oxygen atoms in total. The van der Waals surface area contributed by atoms with E-state index in [-0.39, 0.29) is 73.8 Å². The van der Waals surface area contributed by atoms with E-state index in [1.165, 1.54) is 13.8 Å². The van der Waals surface area contributed by atoms with Crippen LogP contribution < -0.4 is 0 Å². The van der Waals surface area contributed by atoms with Crippen LogP contribution in [-0.2, 0) is 43.6 Å². The van der Waals surface area contributed by atoms with E-state index < -0.39 is 119 Å². The lowest BCUT2D eigenvalue weighted by atomic mass is 9.45. The third kappa shape index (κ3) is 6.09. The van der Waals surface area contributed by atoms with Crippen molar-refractivity contribution in [3.8, 4) is 0 Å². The predicted octanol–water partition coefficient (Wildman–Crippen LogP) is 1.87. The molecular formula is C44H62O16S2. The Hall–Kier alpha value is -2.26. The molecule has 0 aromatic rings. The summed E-state index contributed by atoms with van der Waals surface area (Å²) in [6.45, 7) is 6.98. The van der Waals surface area contributed by atoms with Crippen molar-refractivity contribution < 1.29 is 75.4 Å². The highest BCUT2D eigenvalue weighted by Crippen LogP contribution is 2.70. The number of aliphatic hydroxyl groups is 6. The van der Waals surface area contributed by atoms with Crippen LogP contribution in [0.4, 0.5) is 0 Å². The molecule has 0 bridgehead atoms. The number of carbonyl (C=O) groups excluding carboxylic acids is 4. The van der Waals surface area contributed by atoms with Gasteiger partial charge >= 0.3 is 10.1 Å². The standard InChI is InChI=1S/C44H62O16S2/c1-38-14-10-24(45)18-22(38)6-8-26-28-12-16-42(53,40(28,3)20-30(47)32(26)38)34(49)36(51)44(62(57,58)59,60-61(5,55)56)37(52)35(50)43(54)17-13-29-27-9-7-23-19-25(46)11-15-39(23,2)33(27)31(48)21-41(29,43)4/h18-19,26-33,36-37,47-48,51-54H,6-17,20-21H2,1-5H3,(H,57,58,59)/t26-,27-,28-,29-,30-,31?,32+,33+,36?,37?,38-,39-,40-,41-,42-,43-,44?/m0/s1. The SMILES string of the molecule is C[C@]12CCC(=O)C=C1CC[C@@H]1[C@@H]2[C@@H](O)C[C@@]2(C)[C@H]1CC[C@]2(O)C(=O)C(O)C(OS(C)(=O)=O)(C(O)C(=O)[C@@]1(O)CC[C@H]2[C@@H]3CCC4=CC(=O)CC[C@]4(C)[C@H]3C(O)C[C@@]21C)S(=O)(=O)O. The van der Waals surface area contributed by atoms with Crippen LogP contribution >= 0.6 is 0 Å². The van der Waals surface area contributed by atoms with Crippen molar-refractivity contribution in [1.82, 2.24) is 0 Å². The molecule has 0 aromatic heterocycles. The second kappa shape index (κ2) is 14.4. The molecule has 6 saturated carbocycles. The molecule has 0 heterocycles. The number of hydrogen-bond donors (Lipinski definition) is 7. The molecule has 7 N–H and O–H groups in total. The highest BCUT2D eigenvalue weighted by atomic mass is 32.2. The van der Waals surface area contributed by atoms with Crippen LogP contribution in [0, 0.1) is 57.2 Å². The van der Waals surface area contributed by atoms with Gasteiger partial charge in [0, 0.05) is 23.7 Å². The lowest BCUT2D eigenvalue weighted by Gasteiger charge is -2.60. The summed E-state index contributed by atoms with van der Waals surface area (Å²) >= 11 is 0. The van der Waals surface area contributed by atoms with Crippen molar-refractivity contribution in [1.29, 1.82) is 0 Å². The van der Waals surface area contributed by atoms with Gasteiger partial charge in [0.15, 0.2) is 35.3 Å². The van der Waals surface area contributed by atoms with E-state index >= 15 is 0 Å². The lowest BCUT2D eigenvalue weighted by molar-refractivity contribution is -0.199. The van der Waals surface area contributed by atoms with Crippen LogP contribution in [0.15, 0.2) is 23.3 Å². The van der Waals surface area contributed by atoms with Gasteiger partial charge in [0.2, 0.25) is 0 Å². The molecule has 0 saturated heterocycles. The second-order valence-corrected chi connectivity index (χ2v) is 24.6. The van der Waals surface area contributed by atoms with E-state index in [1.807, 2.05) is 13.8 Å². The summed E-state index contributed by atoms with van der Waals surface area (Å²) in [5, 5.41) is 73.1. The molecule has 18 heteroatoms. The van der Waals surface area contributed by atoms with Gasteiger partial charge in [0.1, 0.15) is 11.2 Å². The van der Waals surface area contributed by atoms with Crippen LogP contribution in [0.1, 0.15) is 118 Å². The lowest BCUT2D eigenvalue weighted by Crippen LogP contribution is -2.72. The van der Waals surface area contributed by atoms with Gasteiger partial charge < -0.3 is 30.6 Å². The van der Waals surface area contributed by atoms with E-state index in [9.17, 15) is 71.2 Å². The largest absolute Gasteiger partial charge is 0.393 e. The summed E-state index contributed by atoms with van der Waals surface area (Å²) in [5.41, 5.74) is -7.97. The van der Waals surface area contributed by atoms with E-state index in [0.717, 1.165) is 11.1 Å². The van der Waals surface area contributed by atoms with Gasteiger partial charge in [-0.1, -0.05) is 38.8 Å². The number of rotatable bonds is 9. The van der Waals surface area contributed by atoms with Gasteiger partial charge in [-0.05, 0) is 136 Å². The zero-order valence-electron chi connectivity index (χ0n) is 35.9. The molecule has 0 radical (unpaired) electrons. The van der Waals surface area contributed by atoms with Crippen molar-refractivity contribution >= 4 is 43.4 Å².